The Hall–Kier alpha value is -2.15. The van der Waals surface area contributed by atoms with Crippen LogP contribution in [0.1, 0.15) is 12.8 Å². The van der Waals surface area contributed by atoms with E-state index in [2.05, 4.69) is 0 Å². The molecule has 2 rings (SSSR count). The van der Waals surface area contributed by atoms with Crippen molar-refractivity contribution in [2.45, 2.75) is 23.8 Å². The second-order valence-corrected chi connectivity index (χ2v) is 6.52. The lowest BCUT2D eigenvalue weighted by Gasteiger charge is -2.19. The van der Waals surface area contributed by atoms with E-state index in [1.54, 1.807) is 18.2 Å². The first-order valence-corrected chi connectivity index (χ1v) is 7.98. The number of carbonyl (C=O) groups is 2. The fourth-order valence-corrected chi connectivity index (χ4v) is 3.21. The van der Waals surface area contributed by atoms with E-state index in [9.17, 15) is 18.0 Å². The van der Waals surface area contributed by atoms with Gasteiger partial charge in [-0.25, -0.2) is 13.2 Å². The molecule has 1 aromatic rings. The number of sulfone groups is 1. The highest BCUT2D eigenvalue weighted by molar-refractivity contribution is 7.94. The van der Waals surface area contributed by atoms with Crippen LogP contribution in [0, 0.1) is 0 Å². The van der Waals surface area contributed by atoms with Gasteiger partial charge < -0.3 is 10.0 Å². The van der Waals surface area contributed by atoms with Crippen molar-refractivity contribution in [2.75, 3.05) is 6.54 Å². The van der Waals surface area contributed by atoms with E-state index in [0.29, 0.717) is 19.4 Å². The number of hydrogen-bond acceptors (Lipinski definition) is 4. The van der Waals surface area contributed by atoms with Gasteiger partial charge in [0, 0.05) is 18.0 Å². The van der Waals surface area contributed by atoms with Gasteiger partial charge in [0.15, 0.2) is 9.84 Å². The van der Waals surface area contributed by atoms with Crippen LogP contribution in [0.4, 0.5) is 0 Å². The first-order chi connectivity index (χ1) is 9.92. The number of carboxylic acids is 1. The van der Waals surface area contributed by atoms with Crippen molar-refractivity contribution in [1.82, 2.24) is 4.90 Å². The minimum atomic E-state index is -3.70. The Morgan fingerprint density at radius 2 is 1.90 bits per heavy atom. The number of nitrogens with zero attached hydrogens (tertiary/aromatic N) is 1. The van der Waals surface area contributed by atoms with Gasteiger partial charge in [-0.1, -0.05) is 18.2 Å². The number of hydrogen-bond donors (Lipinski definition) is 1. The van der Waals surface area contributed by atoms with Gasteiger partial charge in [0.25, 0.3) is 0 Å². The average Bonchev–Trinajstić information content (AvgIpc) is 2.95. The van der Waals surface area contributed by atoms with E-state index in [1.807, 2.05) is 0 Å². The summed E-state index contributed by atoms with van der Waals surface area (Å²) in [6.45, 7) is 0.325. The Morgan fingerprint density at radius 1 is 1.24 bits per heavy atom. The molecule has 1 aliphatic heterocycles. The number of likely N-dealkylation sites (tertiary alicyclic amines) is 1. The number of rotatable bonds is 4. The van der Waals surface area contributed by atoms with Crippen LogP contribution in [0.15, 0.2) is 46.7 Å². The third-order valence-electron chi connectivity index (χ3n) is 3.28. The van der Waals surface area contributed by atoms with Crippen molar-refractivity contribution >= 4 is 21.7 Å². The van der Waals surface area contributed by atoms with Crippen LogP contribution in [-0.4, -0.2) is 42.9 Å². The SMILES string of the molecule is O=C(O)[C@H]1CCCN1C(=O)C=CS(=O)(=O)c1ccccc1. The number of carboxylic acid groups (broad SMARTS) is 1. The van der Waals surface area contributed by atoms with Gasteiger partial charge in [0.05, 0.1) is 4.90 Å². The number of carbonyl (C=O) groups excluding carboxylic acids is 1. The summed E-state index contributed by atoms with van der Waals surface area (Å²) in [5, 5.41) is 9.82. The summed E-state index contributed by atoms with van der Waals surface area (Å²) in [4.78, 5) is 24.2. The molecule has 1 fully saturated rings. The fourth-order valence-electron chi connectivity index (χ4n) is 2.22. The normalized spacial score (nSPS) is 19.0. The van der Waals surface area contributed by atoms with E-state index in [1.165, 1.54) is 17.0 Å². The van der Waals surface area contributed by atoms with Gasteiger partial charge in [0.2, 0.25) is 5.91 Å². The lowest BCUT2D eigenvalue weighted by Crippen LogP contribution is -2.39. The van der Waals surface area contributed by atoms with Gasteiger partial charge in [-0.15, -0.1) is 0 Å². The van der Waals surface area contributed by atoms with E-state index in [0.717, 1.165) is 11.5 Å². The van der Waals surface area contributed by atoms with Crippen LogP contribution in [0.3, 0.4) is 0 Å². The van der Waals surface area contributed by atoms with Crippen LogP contribution in [0.25, 0.3) is 0 Å². The zero-order valence-electron chi connectivity index (χ0n) is 11.2. The topological polar surface area (TPSA) is 91.8 Å². The molecule has 21 heavy (non-hydrogen) atoms. The van der Waals surface area contributed by atoms with E-state index in [-0.39, 0.29) is 4.90 Å². The van der Waals surface area contributed by atoms with Crippen molar-refractivity contribution < 1.29 is 23.1 Å². The third-order valence-corrected chi connectivity index (χ3v) is 4.71. The average molecular weight is 309 g/mol. The molecule has 0 bridgehead atoms. The smallest absolute Gasteiger partial charge is 0.326 e. The molecule has 1 N–H and O–H groups in total. The van der Waals surface area contributed by atoms with Crippen LogP contribution < -0.4 is 0 Å². The van der Waals surface area contributed by atoms with E-state index < -0.39 is 27.8 Å². The maximum atomic E-state index is 12.0. The van der Waals surface area contributed by atoms with Gasteiger partial charge in [0.1, 0.15) is 6.04 Å². The molecule has 1 amide bonds. The Kier molecular flexibility index (Phi) is 4.42. The Balaban J connectivity index is 2.14. The number of amides is 1. The molecule has 0 unspecified atom stereocenters. The molecule has 0 aromatic heterocycles. The lowest BCUT2D eigenvalue weighted by molar-refractivity contribution is -0.146. The molecule has 0 spiro atoms. The summed E-state index contributed by atoms with van der Waals surface area (Å²) in [5.74, 6) is -1.67. The largest absolute Gasteiger partial charge is 0.480 e. The molecule has 0 saturated carbocycles. The Labute approximate surface area is 122 Å². The van der Waals surface area contributed by atoms with Crippen molar-refractivity contribution in [3.8, 4) is 0 Å². The summed E-state index contributed by atoms with van der Waals surface area (Å²) in [5.41, 5.74) is 0. The highest BCUT2D eigenvalue weighted by atomic mass is 32.2. The van der Waals surface area contributed by atoms with Crippen LogP contribution in [0.2, 0.25) is 0 Å². The molecule has 6 nitrogen and oxygen atoms in total. The first kappa shape index (κ1) is 15.2. The zero-order valence-corrected chi connectivity index (χ0v) is 12.0. The molecule has 1 aliphatic rings. The second-order valence-electron chi connectivity index (χ2n) is 4.69. The second kappa shape index (κ2) is 6.09. The molecule has 0 aliphatic carbocycles. The molecule has 1 saturated heterocycles. The zero-order chi connectivity index (χ0) is 15.5. The molecule has 112 valence electrons. The van der Waals surface area contributed by atoms with Gasteiger partial charge in [-0.3, -0.25) is 4.79 Å². The highest BCUT2D eigenvalue weighted by Gasteiger charge is 2.33. The fraction of sp³-hybridized carbons (Fsp3) is 0.286. The first-order valence-electron chi connectivity index (χ1n) is 6.43. The molecule has 1 aromatic carbocycles. The summed E-state index contributed by atoms with van der Waals surface area (Å²) >= 11 is 0. The quantitative estimate of drug-likeness (QED) is 0.839. The van der Waals surface area contributed by atoms with Crippen molar-refractivity contribution in [3.63, 3.8) is 0 Å². The predicted molar refractivity (Wildman–Crippen MR) is 75.1 cm³/mol. The van der Waals surface area contributed by atoms with Gasteiger partial charge in [-0.2, -0.15) is 0 Å². The minimum Gasteiger partial charge on any atom is -0.480 e. The molecule has 0 radical (unpaired) electrons. The van der Waals surface area contributed by atoms with Gasteiger partial charge in [-0.05, 0) is 25.0 Å². The summed E-state index contributed by atoms with van der Waals surface area (Å²) in [6, 6.07) is 6.85. The number of aliphatic carboxylic acids is 1. The monoisotopic (exact) mass is 309 g/mol. The summed E-state index contributed by atoms with van der Waals surface area (Å²) < 4.78 is 24.0. The Morgan fingerprint density at radius 3 is 2.52 bits per heavy atom. The minimum absolute atomic E-state index is 0.0882. The lowest BCUT2D eigenvalue weighted by atomic mass is 10.2. The molecular weight excluding hydrogens is 294 g/mol. The summed E-state index contributed by atoms with van der Waals surface area (Å²) in [6.07, 6.45) is 1.91. The highest BCUT2D eigenvalue weighted by Crippen LogP contribution is 2.18. The van der Waals surface area contributed by atoms with E-state index in [4.69, 9.17) is 5.11 Å². The van der Waals surface area contributed by atoms with Crippen LogP contribution in [-0.2, 0) is 19.4 Å². The van der Waals surface area contributed by atoms with E-state index >= 15 is 0 Å². The third kappa shape index (κ3) is 3.49. The molecule has 1 atom stereocenters. The van der Waals surface area contributed by atoms with Gasteiger partial charge >= 0.3 is 5.97 Å². The van der Waals surface area contributed by atoms with Crippen molar-refractivity contribution in [1.29, 1.82) is 0 Å². The Bertz CT molecular complexity index is 666. The maximum Gasteiger partial charge on any atom is 0.326 e. The molecular formula is C14H15NO5S. The predicted octanol–water partition coefficient (Wildman–Crippen LogP) is 1.05. The molecule has 1 heterocycles. The molecule has 7 heteroatoms. The van der Waals surface area contributed by atoms with Crippen molar-refractivity contribution in [3.05, 3.63) is 41.8 Å². The summed E-state index contributed by atoms with van der Waals surface area (Å²) in [7, 11) is -3.70. The van der Waals surface area contributed by atoms with Crippen LogP contribution >= 0.6 is 0 Å². The standard InChI is InChI=1S/C14H15NO5S/c16-13(15-9-4-7-12(15)14(17)18)8-10-21(19,20)11-5-2-1-3-6-11/h1-3,5-6,8,10,12H,4,7,9H2,(H,17,18)/t12-/m1/s1. The number of benzene rings is 1. The van der Waals surface area contributed by atoms with Crippen molar-refractivity contribution in [2.24, 2.45) is 0 Å². The van der Waals surface area contributed by atoms with Crippen LogP contribution in [0.5, 0.6) is 0 Å². The maximum absolute atomic E-state index is 12.0.